The number of nitrogens with zero attached hydrogens (tertiary/aromatic N) is 2. The van der Waals surface area contributed by atoms with Crippen molar-refractivity contribution in [2.75, 3.05) is 7.05 Å². The molecule has 86 valence electrons. The first-order valence-electron chi connectivity index (χ1n) is 5.20. The van der Waals surface area contributed by atoms with Crippen molar-refractivity contribution < 1.29 is 0 Å². The van der Waals surface area contributed by atoms with E-state index in [1.165, 1.54) is 0 Å². The maximum atomic E-state index is 5.72. The summed E-state index contributed by atoms with van der Waals surface area (Å²) in [6.45, 7) is 7.62. The fraction of sp³-hybridized carbons (Fsp3) is 0.727. The third kappa shape index (κ3) is 3.44. The van der Waals surface area contributed by atoms with Crippen LogP contribution in [0.2, 0.25) is 0 Å². The second-order valence-corrected chi connectivity index (χ2v) is 5.60. The lowest BCUT2D eigenvalue weighted by Gasteiger charge is -2.34. The summed E-state index contributed by atoms with van der Waals surface area (Å²) in [5.41, 5.74) is 1.21. The topological polar surface area (TPSA) is 16.1 Å². The zero-order valence-corrected chi connectivity index (χ0v) is 11.5. The molecule has 0 fully saturated rings. The van der Waals surface area contributed by atoms with Gasteiger partial charge in [-0.15, -0.1) is 22.9 Å². The van der Waals surface area contributed by atoms with Gasteiger partial charge in [-0.05, 0) is 27.3 Å². The Balaban J connectivity index is 2.61. The van der Waals surface area contributed by atoms with E-state index in [0.29, 0.717) is 5.88 Å². The van der Waals surface area contributed by atoms with Crippen molar-refractivity contribution in [2.24, 2.45) is 0 Å². The molecule has 4 heteroatoms. The molecular weight excluding hydrogens is 228 g/mol. The van der Waals surface area contributed by atoms with Crippen LogP contribution in [-0.2, 0) is 12.4 Å². The monoisotopic (exact) mass is 246 g/mol. The summed E-state index contributed by atoms with van der Waals surface area (Å²) in [4.78, 5) is 6.80. The zero-order chi connectivity index (χ0) is 11.5. The van der Waals surface area contributed by atoms with E-state index < -0.39 is 0 Å². The van der Waals surface area contributed by atoms with Gasteiger partial charge in [0.25, 0.3) is 0 Å². The Hall–Kier alpha value is -0.120. The minimum Gasteiger partial charge on any atom is -0.295 e. The molecule has 0 spiro atoms. The van der Waals surface area contributed by atoms with Gasteiger partial charge >= 0.3 is 0 Å². The van der Waals surface area contributed by atoms with Crippen molar-refractivity contribution in [3.05, 3.63) is 16.1 Å². The number of aromatic nitrogens is 1. The summed E-state index contributed by atoms with van der Waals surface area (Å²) in [5, 5.41) is 3.18. The fourth-order valence-electron chi connectivity index (χ4n) is 1.17. The molecule has 0 aliphatic rings. The molecule has 0 saturated carbocycles. The Morgan fingerprint density at radius 3 is 2.67 bits per heavy atom. The van der Waals surface area contributed by atoms with E-state index in [2.05, 4.69) is 37.7 Å². The Kier molecular flexibility index (Phi) is 4.56. The van der Waals surface area contributed by atoms with Crippen molar-refractivity contribution in [3.8, 4) is 0 Å². The highest BCUT2D eigenvalue weighted by Crippen LogP contribution is 2.21. The smallest absolute Gasteiger partial charge is 0.107 e. The van der Waals surface area contributed by atoms with E-state index >= 15 is 0 Å². The Morgan fingerprint density at radius 1 is 1.53 bits per heavy atom. The number of alkyl halides is 1. The van der Waals surface area contributed by atoms with Crippen LogP contribution in [0, 0.1) is 0 Å². The van der Waals surface area contributed by atoms with Crippen LogP contribution in [-0.4, -0.2) is 22.5 Å². The van der Waals surface area contributed by atoms with Gasteiger partial charge in [-0.25, -0.2) is 4.98 Å². The van der Waals surface area contributed by atoms with Crippen molar-refractivity contribution in [1.29, 1.82) is 0 Å². The van der Waals surface area contributed by atoms with E-state index in [1.54, 1.807) is 11.3 Å². The first-order valence-corrected chi connectivity index (χ1v) is 6.61. The molecule has 1 rings (SSSR count). The lowest BCUT2D eigenvalue weighted by Crippen LogP contribution is -2.39. The Labute approximate surface area is 101 Å². The average Bonchev–Trinajstić information content (AvgIpc) is 2.65. The number of thiazole rings is 1. The summed E-state index contributed by atoms with van der Waals surface area (Å²) >= 11 is 7.42. The molecule has 0 aliphatic heterocycles. The molecule has 0 amide bonds. The van der Waals surface area contributed by atoms with Crippen LogP contribution >= 0.6 is 22.9 Å². The number of hydrogen-bond donors (Lipinski definition) is 0. The highest BCUT2D eigenvalue weighted by molar-refractivity contribution is 7.09. The fourth-order valence-corrected chi connectivity index (χ4v) is 2.24. The molecule has 0 radical (unpaired) electrons. The van der Waals surface area contributed by atoms with Crippen LogP contribution in [0.3, 0.4) is 0 Å². The maximum Gasteiger partial charge on any atom is 0.107 e. The van der Waals surface area contributed by atoms with Gasteiger partial charge in [0.15, 0.2) is 0 Å². The standard InChI is InChI=1S/C11H19ClN2S/c1-5-11(2,3)14(4)7-10-13-9(6-12)8-15-10/h8H,5-7H2,1-4H3. The lowest BCUT2D eigenvalue weighted by molar-refractivity contribution is 0.143. The van der Waals surface area contributed by atoms with E-state index in [0.717, 1.165) is 23.7 Å². The van der Waals surface area contributed by atoms with Gasteiger partial charge in [-0.2, -0.15) is 0 Å². The van der Waals surface area contributed by atoms with Crippen molar-refractivity contribution in [2.45, 2.75) is 45.2 Å². The molecule has 1 heterocycles. The predicted octanol–water partition coefficient (Wildman–Crippen LogP) is 3.50. The normalized spacial score (nSPS) is 12.4. The van der Waals surface area contributed by atoms with Crippen LogP contribution in [0.5, 0.6) is 0 Å². The van der Waals surface area contributed by atoms with Gasteiger partial charge in [0, 0.05) is 10.9 Å². The van der Waals surface area contributed by atoms with E-state index in [4.69, 9.17) is 11.6 Å². The van der Waals surface area contributed by atoms with Gasteiger partial charge in [-0.1, -0.05) is 6.92 Å². The number of hydrogen-bond acceptors (Lipinski definition) is 3. The second kappa shape index (κ2) is 5.28. The van der Waals surface area contributed by atoms with Crippen molar-refractivity contribution in [1.82, 2.24) is 9.88 Å². The molecule has 0 N–H and O–H groups in total. The second-order valence-electron chi connectivity index (χ2n) is 4.39. The molecule has 0 aliphatic carbocycles. The number of halogens is 1. The molecule has 1 aromatic rings. The van der Waals surface area contributed by atoms with Gasteiger partial charge in [-0.3, -0.25) is 4.90 Å². The molecular formula is C11H19ClN2S. The van der Waals surface area contributed by atoms with Crippen molar-refractivity contribution in [3.63, 3.8) is 0 Å². The third-order valence-electron chi connectivity index (χ3n) is 3.01. The van der Waals surface area contributed by atoms with E-state index in [9.17, 15) is 0 Å². The summed E-state index contributed by atoms with van der Waals surface area (Å²) in [6.07, 6.45) is 1.14. The number of rotatable bonds is 5. The maximum absolute atomic E-state index is 5.72. The highest BCUT2D eigenvalue weighted by Gasteiger charge is 2.21. The summed E-state index contributed by atoms with van der Waals surface area (Å²) in [6, 6.07) is 0. The minimum absolute atomic E-state index is 0.229. The van der Waals surface area contributed by atoms with Crippen LogP contribution in [0.1, 0.15) is 37.9 Å². The van der Waals surface area contributed by atoms with Gasteiger partial charge < -0.3 is 0 Å². The van der Waals surface area contributed by atoms with Gasteiger partial charge in [0.1, 0.15) is 5.01 Å². The van der Waals surface area contributed by atoms with Crippen LogP contribution < -0.4 is 0 Å². The van der Waals surface area contributed by atoms with Gasteiger partial charge in [0.05, 0.1) is 18.1 Å². The van der Waals surface area contributed by atoms with Gasteiger partial charge in [0.2, 0.25) is 0 Å². The molecule has 0 bridgehead atoms. The Bertz CT molecular complexity index is 309. The first-order chi connectivity index (χ1) is 6.99. The van der Waals surface area contributed by atoms with Crippen molar-refractivity contribution >= 4 is 22.9 Å². The van der Waals surface area contributed by atoms with E-state index in [-0.39, 0.29) is 5.54 Å². The molecule has 15 heavy (non-hydrogen) atoms. The predicted molar refractivity (Wildman–Crippen MR) is 67.5 cm³/mol. The Morgan fingerprint density at radius 2 is 2.20 bits per heavy atom. The third-order valence-corrected chi connectivity index (χ3v) is 4.16. The van der Waals surface area contributed by atoms with E-state index in [1.807, 2.05) is 5.38 Å². The largest absolute Gasteiger partial charge is 0.295 e. The summed E-state index contributed by atoms with van der Waals surface area (Å²) < 4.78 is 0. The average molecular weight is 247 g/mol. The molecule has 0 atom stereocenters. The van der Waals surface area contributed by atoms with Crippen LogP contribution in [0.25, 0.3) is 0 Å². The molecule has 0 saturated heterocycles. The summed E-state index contributed by atoms with van der Waals surface area (Å²) in [7, 11) is 2.14. The first kappa shape index (κ1) is 12.9. The SMILES string of the molecule is CCC(C)(C)N(C)Cc1nc(CCl)cs1. The van der Waals surface area contributed by atoms with Crippen LogP contribution in [0.4, 0.5) is 0 Å². The zero-order valence-electron chi connectivity index (χ0n) is 9.88. The molecule has 2 nitrogen and oxygen atoms in total. The quantitative estimate of drug-likeness (QED) is 0.740. The summed E-state index contributed by atoms with van der Waals surface area (Å²) in [5.74, 6) is 0.511. The molecule has 0 aromatic carbocycles. The highest BCUT2D eigenvalue weighted by atomic mass is 35.5. The minimum atomic E-state index is 0.229. The van der Waals surface area contributed by atoms with Crippen LogP contribution in [0.15, 0.2) is 5.38 Å². The lowest BCUT2D eigenvalue weighted by atomic mass is 10.0. The molecule has 0 unspecified atom stereocenters. The molecule has 1 aromatic heterocycles.